The minimum Gasteiger partial charge on any atom is -0.311 e. The lowest BCUT2D eigenvalue weighted by Gasteiger charge is -1.99. The Morgan fingerprint density at radius 1 is 1.37 bits per heavy atom. The normalized spacial score (nSPS) is 10.8. The molecule has 2 heterocycles. The fourth-order valence-electron chi connectivity index (χ4n) is 1.89. The topological polar surface area (TPSA) is 70.7 Å². The van der Waals surface area contributed by atoms with E-state index in [1.807, 2.05) is 32.0 Å². The molecule has 0 bridgehead atoms. The van der Waals surface area contributed by atoms with Crippen LogP contribution in [-0.2, 0) is 0 Å². The van der Waals surface area contributed by atoms with Crippen LogP contribution in [0.1, 0.15) is 21.1 Å². The largest absolute Gasteiger partial charge is 0.311 e. The maximum atomic E-state index is 12.2. The van der Waals surface area contributed by atoms with Gasteiger partial charge < -0.3 is 5.32 Å². The fourth-order valence-corrected chi connectivity index (χ4v) is 2.56. The van der Waals surface area contributed by atoms with Crippen LogP contribution in [0.3, 0.4) is 0 Å². The van der Waals surface area contributed by atoms with Crippen LogP contribution in [0, 0.1) is 13.8 Å². The van der Waals surface area contributed by atoms with E-state index >= 15 is 0 Å². The molecule has 0 saturated carbocycles. The first-order chi connectivity index (χ1) is 9.13. The predicted octanol–water partition coefficient (Wildman–Crippen LogP) is 2.89. The Balaban J connectivity index is 1.95. The summed E-state index contributed by atoms with van der Waals surface area (Å²) in [5, 5.41) is 12.2. The molecular weight excluding hydrogens is 260 g/mol. The van der Waals surface area contributed by atoms with E-state index in [2.05, 4.69) is 20.5 Å². The number of hydrogen-bond acceptors (Lipinski definition) is 4. The molecular formula is C13H12N4OS. The molecule has 0 spiro atoms. The second-order valence-electron chi connectivity index (χ2n) is 4.32. The molecule has 0 aliphatic rings. The Bertz CT molecular complexity index is 759. The molecule has 5 nitrogen and oxygen atoms in total. The molecule has 3 aromatic rings. The highest BCUT2D eigenvalue weighted by Crippen LogP contribution is 2.21. The van der Waals surface area contributed by atoms with Crippen molar-refractivity contribution >= 4 is 33.1 Å². The van der Waals surface area contributed by atoms with Crippen LogP contribution in [0.25, 0.3) is 10.9 Å². The van der Waals surface area contributed by atoms with Gasteiger partial charge in [0, 0.05) is 5.39 Å². The number of fused-ring (bicyclic) bond motifs is 1. The average Bonchev–Trinajstić information content (AvgIpc) is 2.95. The predicted molar refractivity (Wildman–Crippen MR) is 75.6 cm³/mol. The fraction of sp³-hybridized carbons (Fsp3) is 0.154. The zero-order valence-corrected chi connectivity index (χ0v) is 11.3. The number of hydrogen-bond donors (Lipinski definition) is 2. The zero-order chi connectivity index (χ0) is 13.4. The first-order valence-corrected chi connectivity index (χ1v) is 6.63. The SMILES string of the molecule is Cc1ccc2[nH]nc(C(=O)Nc3cnc(C)s3)c2c1. The number of carbonyl (C=O) groups excluding carboxylic acids is 1. The number of nitrogens with zero attached hydrogens (tertiary/aromatic N) is 2. The maximum absolute atomic E-state index is 12.2. The molecule has 0 atom stereocenters. The number of nitrogens with one attached hydrogen (secondary N) is 2. The molecule has 19 heavy (non-hydrogen) atoms. The third kappa shape index (κ3) is 2.22. The summed E-state index contributed by atoms with van der Waals surface area (Å²) >= 11 is 1.44. The van der Waals surface area contributed by atoms with Gasteiger partial charge in [0.1, 0.15) is 5.00 Å². The number of benzene rings is 1. The van der Waals surface area contributed by atoms with Gasteiger partial charge in [-0.25, -0.2) is 4.98 Å². The molecule has 2 aromatic heterocycles. The smallest absolute Gasteiger partial charge is 0.277 e. The van der Waals surface area contributed by atoms with Crippen molar-refractivity contribution in [1.82, 2.24) is 15.2 Å². The monoisotopic (exact) mass is 272 g/mol. The van der Waals surface area contributed by atoms with Crippen molar-refractivity contribution in [2.24, 2.45) is 0 Å². The number of aromatic nitrogens is 3. The lowest BCUT2D eigenvalue weighted by atomic mass is 10.1. The van der Waals surface area contributed by atoms with E-state index < -0.39 is 0 Å². The molecule has 0 aliphatic carbocycles. The molecule has 0 saturated heterocycles. The van der Waals surface area contributed by atoms with E-state index in [0.29, 0.717) is 5.69 Å². The van der Waals surface area contributed by atoms with Crippen molar-refractivity contribution in [1.29, 1.82) is 0 Å². The second kappa shape index (κ2) is 4.47. The van der Waals surface area contributed by atoms with Gasteiger partial charge in [-0.15, -0.1) is 11.3 Å². The van der Waals surface area contributed by atoms with Gasteiger partial charge in [0.25, 0.3) is 5.91 Å². The molecule has 96 valence electrons. The van der Waals surface area contributed by atoms with Crippen LogP contribution in [0.2, 0.25) is 0 Å². The van der Waals surface area contributed by atoms with Gasteiger partial charge in [-0.05, 0) is 26.0 Å². The number of aryl methyl sites for hydroxylation is 2. The number of thiazole rings is 1. The summed E-state index contributed by atoms with van der Waals surface area (Å²) in [5.74, 6) is -0.222. The zero-order valence-electron chi connectivity index (χ0n) is 10.5. The number of rotatable bonds is 2. The van der Waals surface area contributed by atoms with E-state index in [1.54, 1.807) is 6.20 Å². The molecule has 3 rings (SSSR count). The molecule has 0 fully saturated rings. The Labute approximate surface area is 113 Å². The van der Waals surface area contributed by atoms with Gasteiger partial charge in [0.15, 0.2) is 5.69 Å². The molecule has 6 heteroatoms. The Hall–Kier alpha value is -2.21. The van der Waals surface area contributed by atoms with E-state index in [1.165, 1.54) is 11.3 Å². The minimum absolute atomic E-state index is 0.222. The molecule has 0 aliphatic heterocycles. The summed E-state index contributed by atoms with van der Waals surface area (Å²) < 4.78 is 0. The van der Waals surface area contributed by atoms with Crippen LogP contribution in [0.15, 0.2) is 24.4 Å². The van der Waals surface area contributed by atoms with Gasteiger partial charge in [0.2, 0.25) is 0 Å². The molecule has 0 radical (unpaired) electrons. The Morgan fingerprint density at radius 3 is 2.95 bits per heavy atom. The van der Waals surface area contributed by atoms with Crippen molar-refractivity contribution in [3.8, 4) is 0 Å². The molecule has 1 amide bonds. The maximum Gasteiger partial charge on any atom is 0.277 e. The van der Waals surface area contributed by atoms with Gasteiger partial charge in [-0.2, -0.15) is 5.10 Å². The summed E-state index contributed by atoms with van der Waals surface area (Å²) in [6.45, 7) is 3.88. The lowest BCUT2D eigenvalue weighted by Crippen LogP contribution is -2.11. The summed E-state index contributed by atoms with van der Waals surface area (Å²) in [7, 11) is 0. The molecule has 1 aromatic carbocycles. The van der Waals surface area contributed by atoms with Crippen LogP contribution in [0.5, 0.6) is 0 Å². The number of carbonyl (C=O) groups is 1. The third-order valence-electron chi connectivity index (χ3n) is 2.79. The number of H-pyrrole nitrogens is 1. The van der Waals surface area contributed by atoms with Crippen molar-refractivity contribution < 1.29 is 4.79 Å². The highest BCUT2D eigenvalue weighted by molar-refractivity contribution is 7.15. The summed E-state index contributed by atoms with van der Waals surface area (Å²) in [6, 6.07) is 5.85. The van der Waals surface area contributed by atoms with E-state index in [0.717, 1.165) is 26.5 Å². The van der Waals surface area contributed by atoms with E-state index in [4.69, 9.17) is 0 Å². The summed E-state index contributed by atoms with van der Waals surface area (Å²) in [5.41, 5.74) is 2.36. The van der Waals surface area contributed by atoms with Crippen LogP contribution < -0.4 is 5.32 Å². The first-order valence-electron chi connectivity index (χ1n) is 5.82. The van der Waals surface area contributed by atoms with Gasteiger partial charge in [-0.3, -0.25) is 9.89 Å². The van der Waals surface area contributed by atoms with Gasteiger partial charge >= 0.3 is 0 Å². The standard InChI is InChI=1S/C13H12N4OS/c1-7-3-4-10-9(5-7)12(17-16-10)13(18)15-11-6-14-8(2)19-11/h3-6H,1-2H3,(H,15,18)(H,16,17). The Morgan fingerprint density at radius 2 is 2.21 bits per heavy atom. The van der Waals surface area contributed by atoms with E-state index in [-0.39, 0.29) is 5.91 Å². The highest BCUT2D eigenvalue weighted by Gasteiger charge is 2.15. The summed E-state index contributed by atoms with van der Waals surface area (Å²) in [6.07, 6.45) is 1.65. The molecule has 2 N–H and O–H groups in total. The summed E-state index contributed by atoms with van der Waals surface area (Å²) in [4.78, 5) is 16.3. The number of amides is 1. The van der Waals surface area contributed by atoms with E-state index in [9.17, 15) is 4.79 Å². The Kier molecular flexibility index (Phi) is 2.79. The number of anilines is 1. The lowest BCUT2D eigenvalue weighted by molar-refractivity contribution is 0.102. The second-order valence-corrected chi connectivity index (χ2v) is 5.55. The van der Waals surface area contributed by atoms with Crippen LogP contribution in [-0.4, -0.2) is 21.1 Å². The van der Waals surface area contributed by atoms with Gasteiger partial charge in [-0.1, -0.05) is 11.6 Å². The van der Waals surface area contributed by atoms with Crippen LogP contribution in [0.4, 0.5) is 5.00 Å². The average molecular weight is 272 g/mol. The first kappa shape index (κ1) is 11.9. The van der Waals surface area contributed by atoms with Crippen molar-refractivity contribution in [3.63, 3.8) is 0 Å². The van der Waals surface area contributed by atoms with Crippen molar-refractivity contribution in [3.05, 3.63) is 40.7 Å². The van der Waals surface area contributed by atoms with Gasteiger partial charge in [0.05, 0.1) is 16.7 Å². The molecule has 0 unspecified atom stereocenters. The van der Waals surface area contributed by atoms with Crippen molar-refractivity contribution in [2.75, 3.05) is 5.32 Å². The third-order valence-corrected chi connectivity index (χ3v) is 3.62. The van der Waals surface area contributed by atoms with Crippen LogP contribution >= 0.6 is 11.3 Å². The quantitative estimate of drug-likeness (QED) is 0.753. The number of aromatic amines is 1. The van der Waals surface area contributed by atoms with Crippen molar-refractivity contribution in [2.45, 2.75) is 13.8 Å². The minimum atomic E-state index is -0.222. The highest BCUT2D eigenvalue weighted by atomic mass is 32.1.